The van der Waals surface area contributed by atoms with Gasteiger partial charge in [-0.05, 0) is 74.4 Å². The lowest BCUT2D eigenvalue weighted by Gasteiger charge is -2.14. The van der Waals surface area contributed by atoms with Gasteiger partial charge < -0.3 is 5.11 Å². The third-order valence-corrected chi connectivity index (χ3v) is 4.51. The first-order valence-electron chi connectivity index (χ1n) is 5.07. The molecule has 0 bridgehead atoms. The van der Waals surface area contributed by atoms with Crippen molar-refractivity contribution in [2.24, 2.45) is 0 Å². The summed E-state index contributed by atoms with van der Waals surface area (Å²) in [5.41, 5.74) is 1.41. The second-order valence-corrected chi connectivity index (χ2v) is 6.70. The first-order chi connectivity index (χ1) is 8.49. The quantitative estimate of drug-likeness (QED) is 0.591. The number of aliphatic hydroxyl groups excluding tert-OH is 1. The molecule has 1 atom stereocenters. The first-order valence-corrected chi connectivity index (χ1v) is 7.73. The Balaban J connectivity index is 2.44. The predicted octanol–water partition coefficient (Wildman–Crippen LogP) is 5.04. The van der Waals surface area contributed by atoms with Crippen LogP contribution in [-0.4, -0.2) is 5.11 Å². The van der Waals surface area contributed by atoms with Crippen molar-refractivity contribution < 1.29 is 9.50 Å². The zero-order valence-corrected chi connectivity index (χ0v) is 14.3. The minimum absolute atomic E-state index is 0.340. The number of rotatable bonds is 2. The molecule has 5 heteroatoms. The van der Waals surface area contributed by atoms with Gasteiger partial charge in [-0.15, -0.1) is 0 Å². The maximum absolute atomic E-state index is 13.2. The van der Waals surface area contributed by atoms with Crippen molar-refractivity contribution in [3.05, 3.63) is 65.9 Å². The van der Waals surface area contributed by atoms with Gasteiger partial charge in [0.2, 0.25) is 0 Å². The van der Waals surface area contributed by atoms with Crippen molar-refractivity contribution >= 4 is 54.5 Å². The fourth-order valence-corrected chi connectivity index (χ4v) is 2.96. The van der Waals surface area contributed by atoms with Gasteiger partial charge >= 0.3 is 0 Å². The van der Waals surface area contributed by atoms with Gasteiger partial charge in [-0.25, -0.2) is 4.39 Å². The van der Waals surface area contributed by atoms with E-state index in [1.54, 1.807) is 12.1 Å². The summed E-state index contributed by atoms with van der Waals surface area (Å²) in [6, 6.07) is 10.2. The van der Waals surface area contributed by atoms with Gasteiger partial charge in [-0.1, -0.05) is 22.0 Å². The standard InChI is InChI=1S/C13H8Br2FIO/c14-10-3-2-8(17)6-9(10)13(18)7-1-4-12(16)11(15)5-7/h1-6,13,18H. The summed E-state index contributed by atoms with van der Waals surface area (Å²) in [5, 5.41) is 10.3. The topological polar surface area (TPSA) is 20.2 Å². The van der Waals surface area contributed by atoms with Crippen LogP contribution in [-0.2, 0) is 0 Å². The van der Waals surface area contributed by atoms with Crippen molar-refractivity contribution in [1.29, 1.82) is 0 Å². The van der Waals surface area contributed by atoms with Gasteiger partial charge in [0.1, 0.15) is 11.9 Å². The first kappa shape index (κ1) is 14.4. The second-order valence-electron chi connectivity index (χ2n) is 3.74. The molecule has 0 aliphatic heterocycles. The predicted molar refractivity (Wildman–Crippen MR) is 85.0 cm³/mol. The van der Waals surface area contributed by atoms with Crippen LogP contribution in [0, 0.1) is 9.39 Å². The molecule has 0 aliphatic carbocycles. The van der Waals surface area contributed by atoms with Crippen LogP contribution in [0.1, 0.15) is 17.2 Å². The van der Waals surface area contributed by atoms with E-state index in [4.69, 9.17) is 0 Å². The molecule has 2 aromatic carbocycles. The lowest BCUT2D eigenvalue weighted by molar-refractivity contribution is 0.219. The van der Waals surface area contributed by atoms with E-state index < -0.39 is 6.10 Å². The van der Waals surface area contributed by atoms with E-state index in [0.717, 1.165) is 13.6 Å². The number of benzene rings is 2. The highest BCUT2D eigenvalue weighted by Gasteiger charge is 2.15. The normalized spacial score (nSPS) is 12.5. The summed E-state index contributed by atoms with van der Waals surface area (Å²) >= 11 is 8.72. The van der Waals surface area contributed by atoms with Crippen LogP contribution >= 0.6 is 54.5 Å². The summed E-state index contributed by atoms with van der Waals surface area (Å²) in [6.45, 7) is 0. The SMILES string of the molecule is OC(c1ccc(F)c(Br)c1)c1cc(I)ccc1Br. The van der Waals surface area contributed by atoms with Crippen LogP contribution in [0.2, 0.25) is 0 Å². The van der Waals surface area contributed by atoms with Gasteiger partial charge in [-0.3, -0.25) is 0 Å². The van der Waals surface area contributed by atoms with Gasteiger partial charge in [0, 0.05) is 13.6 Å². The third-order valence-electron chi connectivity index (χ3n) is 2.51. The summed E-state index contributed by atoms with van der Waals surface area (Å²) in [7, 11) is 0. The number of halogens is 4. The lowest BCUT2D eigenvalue weighted by Crippen LogP contribution is -2.01. The fraction of sp³-hybridized carbons (Fsp3) is 0.0769. The zero-order chi connectivity index (χ0) is 13.3. The van der Waals surface area contributed by atoms with Crippen LogP contribution in [0.3, 0.4) is 0 Å². The van der Waals surface area contributed by atoms with Gasteiger partial charge in [0.05, 0.1) is 4.47 Å². The average molecular weight is 486 g/mol. The van der Waals surface area contributed by atoms with E-state index in [0.29, 0.717) is 10.0 Å². The van der Waals surface area contributed by atoms with Gasteiger partial charge in [0.15, 0.2) is 0 Å². The molecule has 0 spiro atoms. The molecule has 1 nitrogen and oxygen atoms in total. The van der Waals surface area contributed by atoms with Crippen LogP contribution < -0.4 is 0 Å². The molecule has 0 amide bonds. The van der Waals surface area contributed by atoms with E-state index in [1.807, 2.05) is 18.2 Å². The highest BCUT2D eigenvalue weighted by Crippen LogP contribution is 2.31. The van der Waals surface area contributed by atoms with Crippen molar-refractivity contribution in [2.45, 2.75) is 6.10 Å². The fourth-order valence-electron chi connectivity index (χ4n) is 1.59. The van der Waals surface area contributed by atoms with Crippen LogP contribution in [0.5, 0.6) is 0 Å². The van der Waals surface area contributed by atoms with Crippen molar-refractivity contribution in [3.63, 3.8) is 0 Å². The molecule has 1 N–H and O–H groups in total. The van der Waals surface area contributed by atoms with Crippen LogP contribution in [0.4, 0.5) is 4.39 Å². The molecule has 0 aromatic heterocycles. The molecule has 18 heavy (non-hydrogen) atoms. The summed E-state index contributed by atoms with van der Waals surface area (Å²) < 4.78 is 15.4. The van der Waals surface area contributed by atoms with Crippen molar-refractivity contribution in [3.8, 4) is 0 Å². The van der Waals surface area contributed by atoms with Gasteiger partial charge in [-0.2, -0.15) is 0 Å². The highest BCUT2D eigenvalue weighted by molar-refractivity contribution is 14.1. The summed E-state index contributed by atoms with van der Waals surface area (Å²) in [5.74, 6) is -0.340. The Morgan fingerprint density at radius 1 is 1.06 bits per heavy atom. The minimum atomic E-state index is -0.786. The molecule has 1 unspecified atom stereocenters. The number of hydrogen-bond donors (Lipinski definition) is 1. The Hall–Kier alpha value is 0.0200. The molecule has 0 radical (unpaired) electrons. The summed E-state index contributed by atoms with van der Waals surface area (Å²) in [4.78, 5) is 0. The van der Waals surface area contributed by atoms with E-state index in [9.17, 15) is 9.50 Å². The number of hydrogen-bond acceptors (Lipinski definition) is 1. The Morgan fingerprint density at radius 3 is 2.44 bits per heavy atom. The molecule has 0 saturated heterocycles. The lowest BCUT2D eigenvalue weighted by atomic mass is 10.0. The molecule has 2 rings (SSSR count). The van der Waals surface area contributed by atoms with E-state index in [1.165, 1.54) is 6.07 Å². The molecular formula is C13H8Br2FIO. The average Bonchev–Trinajstić information content (AvgIpc) is 2.35. The second kappa shape index (κ2) is 5.98. The molecule has 0 aliphatic rings. The maximum Gasteiger partial charge on any atom is 0.137 e. The minimum Gasteiger partial charge on any atom is -0.384 e. The molecule has 0 saturated carbocycles. The van der Waals surface area contributed by atoms with E-state index in [-0.39, 0.29) is 5.82 Å². The largest absolute Gasteiger partial charge is 0.384 e. The molecule has 0 fully saturated rings. The Kier molecular flexibility index (Phi) is 4.80. The van der Waals surface area contributed by atoms with Crippen molar-refractivity contribution in [2.75, 3.05) is 0 Å². The van der Waals surface area contributed by atoms with Crippen LogP contribution in [0.15, 0.2) is 45.3 Å². The Bertz CT molecular complexity index is 589. The molecule has 0 heterocycles. The van der Waals surface area contributed by atoms with E-state index in [2.05, 4.69) is 54.5 Å². The Morgan fingerprint density at radius 2 is 1.78 bits per heavy atom. The smallest absolute Gasteiger partial charge is 0.137 e. The molecule has 94 valence electrons. The zero-order valence-electron chi connectivity index (χ0n) is 9.00. The maximum atomic E-state index is 13.2. The molecule has 2 aromatic rings. The van der Waals surface area contributed by atoms with Crippen molar-refractivity contribution in [1.82, 2.24) is 0 Å². The monoisotopic (exact) mass is 484 g/mol. The third kappa shape index (κ3) is 3.12. The van der Waals surface area contributed by atoms with Crippen LogP contribution in [0.25, 0.3) is 0 Å². The van der Waals surface area contributed by atoms with Gasteiger partial charge in [0.25, 0.3) is 0 Å². The Labute approximate surface area is 135 Å². The highest BCUT2D eigenvalue weighted by atomic mass is 127. The molecular weight excluding hydrogens is 478 g/mol. The summed E-state index contributed by atoms with van der Waals surface area (Å²) in [6.07, 6.45) is -0.786. The number of aliphatic hydroxyl groups is 1. The van der Waals surface area contributed by atoms with E-state index >= 15 is 0 Å².